The minimum Gasteiger partial charge on any atom is -0.339 e. The van der Waals surface area contributed by atoms with Crippen molar-refractivity contribution in [3.8, 4) is 11.1 Å². The molecule has 2 aromatic heterocycles. The van der Waals surface area contributed by atoms with Crippen LogP contribution in [0.4, 0.5) is 5.69 Å². The average Bonchev–Trinajstić information content (AvgIpc) is 3.27. The zero-order valence-corrected chi connectivity index (χ0v) is 20.2. The Kier molecular flexibility index (Phi) is 6.88. The lowest BCUT2D eigenvalue weighted by Crippen LogP contribution is -2.30. The quantitative estimate of drug-likeness (QED) is 0.426. The molecule has 1 N–H and O–H groups in total. The van der Waals surface area contributed by atoms with Crippen LogP contribution in [0.1, 0.15) is 29.8 Å². The molecule has 2 aromatic carbocycles. The van der Waals surface area contributed by atoms with Gasteiger partial charge in [-0.2, -0.15) is 0 Å². The lowest BCUT2D eigenvalue weighted by atomic mass is 10.1. The molecule has 0 atom stereocenters. The minimum absolute atomic E-state index is 0.0473. The molecule has 7 nitrogen and oxygen atoms in total. The number of carbonyl (C=O) groups excluding carboxylic acids is 2. The topological polar surface area (TPSA) is 84.3 Å². The van der Waals surface area contributed by atoms with Crippen LogP contribution in [0.3, 0.4) is 0 Å². The summed E-state index contributed by atoms with van der Waals surface area (Å²) >= 11 is 1.41. The van der Waals surface area contributed by atoms with Gasteiger partial charge in [0.1, 0.15) is 11.4 Å². The Hall–Kier alpha value is -3.78. The van der Waals surface area contributed by atoms with E-state index >= 15 is 0 Å². The Morgan fingerprint density at radius 2 is 1.71 bits per heavy atom. The molecule has 8 heteroatoms. The highest BCUT2D eigenvalue weighted by molar-refractivity contribution is 7.17. The van der Waals surface area contributed by atoms with Crippen LogP contribution < -0.4 is 10.9 Å². The second-order valence-electron chi connectivity index (χ2n) is 7.98. The lowest BCUT2D eigenvalue weighted by Gasteiger charge is -2.18. The van der Waals surface area contributed by atoms with E-state index in [1.54, 1.807) is 29.2 Å². The molecule has 2 amide bonds. The molecule has 0 radical (unpaired) electrons. The molecule has 0 saturated carbocycles. The fourth-order valence-corrected chi connectivity index (χ4v) is 4.68. The van der Waals surface area contributed by atoms with Crippen LogP contribution in [0.2, 0.25) is 0 Å². The van der Waals surface area contributed by atoms with E-state index in [4.69, 9.17) is 0 Å². The third kappa shape index (κ3) is 4.77. The second-order valence-corrected chi connectivity index (χ2v) is 8.83. The summed E-state index contributed by atoms with van der Waals surface area (Å²) in [7, 11) is 0. The summed E-state index contributed by atoms with van der Waals surface area (Å²) in [6, 6.07) is 14.7. The third-order valence-electron chi connectivity index (χ3n) is 5.70. The first-order valence-corrected chi connectivity index (χ1v) is 12.0. The molecule has 2 heterocycles. The Labute approximate surface area is 201 Å². The standard InChI is InChI=1S/C26H26N4O3S/c1-4-29(5-2)25(32)19-10-12-20(13-11-19)28-22(31)14-30-16-27-24-23(26(30)33)21(15-34-24)18-8-6-17(3)7-9-18/h6-13,15-16H,4-5,14H2,1-3H3,(H,28,31). The fraction of sp³-hybridized carbons (Fsp3) is 0.231. The number of nitrogens with zero attached hydrogens (tertiary/aromatic N) is 3. The van der Waals surface area contributed by atoms with Crippen molar-refractivity contribution in [3.63, 3.8) is 0 Å². The van der Waals surface area contributed by atoms with Crippen molar-refractivity contribution in [2.45, 2.75) is 27.3 Å². The number of aryl methyl sites for hydroxylation is 1. The molecule has 0 spiro atoms. The molecule has 0 bridgehead atoms. The van der Waals surface area contributed by atoms with Crippen LogP contribution in [0, 0.1) is 6.92 Å². The van der Waals surface area contributed by atoms with Gasteiger partial charge >= 0.3 is 0 Å². The summed E-state index contributed by atoms with van der Waals surface area (Å²) < 4.78 is 1.32. The Balaban J connectivity index is 1.52. The highest BCUT2D eigenvalue weighted by Crippen LogP contribution is 2.30. The summed E-state index contributed by atoms with van der Waals surface area (Å²) in [6.07, 6.45) is 1.41. The highest BCUT2D eigenvalue weighted by atomic mass is 32.1. The van der Waals surface area contributed by atoms with Gasteiger partial charge in [0.05, 0.1) is 11.7 Å². The van der Waals surface area contributed by atoms with E-state index in [0.717, 1.165) is 16.7 Å². The molecule has 0 aliphatic heterocycles. The first-order valence-electron chi connectivity index (χ1n) is 11.1. The maximum Gasteiger partial charge on any atom is 0.263 e. The number of aromatic nitrogens is 2. The predicted octanol–water partition coefficient (Wildman–Crippen LogP) is 4.55. The third-order valence-corrected chi connectivity index (χ3v) is 6.59. The SMILES string of the molecule is CCN(CC)C(=O)c1ccc(NC(=O)Cn2cnc3scc(-c4ccc(C)cc4)c3c2=O)cc1. The molecule has 0 fully saturated rings. The maximum atomic E-state index is 13.2. The molecular formula is C26H26N4O3S. The van der Waals surface area contributed by atoms with Crippen LogP contribution in [0.15, 0.2) is 65.0 Å². The van der Waals surface area contributed by atoms with Crippen LogP contribution in [0.25, 0.3) is 21.3 Å². The summed E-state index contributed by atoms with van der Waals surface area (Å²) in [5.41, 5.74) is 3.77. The molecule has 34 heavy (non-hydrogen) atoms. The van der Waals surface area contributed by atoms with Gasteiger partial charge in [-0.3, -0.25) is 19.0 Å². The number of benzene rings is 2. The minimum atomic E-state index is -0.349. The van der Waals surface area contributed by atoms with Gasteiger partial charge in [0.25, 0.3) is 11.5 Å². The van der Waals surface area contributed by atoms with Crippen molar-refractivity contribution in [2.75, 3.05) is 18.4 Å². The number of rotatable bonds is 7. The van der Waals surface area contributed by atoms with Gasteiger partial charge in [0.2, 0.25) is 5.91 Å². The van der Waals surface area contributed by atoms with Crippen molar-refractivity contribution in [1.82, 2.24) is 14.5 Å². The van der Waals surface area contributed by atoms with E-state index in [9.17, 15) is 14.4 Å². The van der Waals surface area contributed by atoms with Gasteiger partial charge in [-0.1, -0.05) is 29.8 Å². The normalized spacial score (nSPS) is 10.9. The molecule has 0 aliphatic rings. The van der Waals surface area contributed by atoms with Gasteiger partial charge in [0.15, 0.2) is 0 Å². The fourth-order valence-electron chi connectivity index (χ4n) is 3.77. The van der Waals surface area contributed by atoms with Crippen molar-refractivity contribution in [2.24, 2.45) is 0 Å². The van der Waals surface area contributed by atoms with Gasteiger partial charge in [-0.25, -0.2) is 4.98 Å². The molecular weight excluding hydrogens is 448 g/mol. The van der Waals surface area contributed by atoms with Crippen LogP contribution in [0.5, 0.6) is 0 Å². The number of thiophene rings is 1. The van der Waals surface area contributed by atoms with E-state index in [0.29, 0.717) is 34.6 Å². The molecule has 0 aliphatic carbocycles. The number of hydrogen-bond acceptors (Lipinski definition) is 5. The van der Waals surface area contributed by atoms with Crippen LogP contribution in [-0.4, -0.2) is 39.4 Å². The zero-order valence-electron chi connectivity index (χ0n) is 19.4. The number of anilines is 1. The molecule has 4 aromatic rings. The number of carbonyl (C=O) groups is 2. The molecule has 0 unspecified atom stereocenters. The Morgan fingerprint density at radius 1 is 1.03 bits per heavy atom. The molecule has 0 saturated heterocycles. The molecule has 174 valence electrons. The summed E-state index contributed by atoms with van der Waals surface area (Å²) in [6.45, 7) is 6.99. The number of amides is 2. The van der Waals surface area contributed by atoms with E-state index in [-0.39, 0.29) is 23.9 Å². The highest BCUT2D eigenvalue weighted by Gasteiger charge is 2.16. The Morgan fingerprint density at radius 3 is 2.35 bits per heavy atom. The van der Waals surface area contributed by atoms with Crippen LogP contribution >= 0.6 is 11.3 Å². The average molecular weight is 475 g/mol. The second kappa shape index (κ2) is 10.0. The maximum absolute atomic E-state index is 13.2. The van der Waals surface area contributed by atoms with Crippen molar-refractivity contribution in [1.29, 1.82) is 0 Å². The summed E-state index contributed by atoms with van der Waals surface area (Å²) in [4.78, 5) is 45.0. The van der Waals surface area contributed by atoms with Crippen molar-refractivity contribution >= 4 is 39.1 Å². The van der Waals surface area contributed by atoms with E-state index in [1.807, 2.05) is 50.4 Å². The summed E-state index contributed by atoms with van der Waals surface area (Å²) in [5.74, 6) is -0.396. The molecule has 4 rings (SSSR count). The predicted molar refractivity (Wildman–Crippen MR) is 136 cm³/mol. The van der Waals surface area contributed by atoms with Gasteiger partial charge < -0.3 is 10.2 Å². The van der Waals surface area contributed by atoms with E-state index < -0.39 is 0 Å². The van der Waals surface area contributed by atoms with Crippen molar-refractivity contribution < 1.29 is 9.59 Å². The first kappa shape index (κ1) is 23.4. The van der Waals surface area contributed by atoms with Crippen molar-refractivity contribution in [3.05, 3.63) is 81.7 Å². The van der Waals surface area contributed by atoms with Gasteiger partial charge in [-0.15, -0.1) is 11.3 Å². The van der Waals surface area contributed by atoms with E-state index in [1.165, 1.54) is 22.2 Å². The largest absolute Gasteiger partial charge is 0.339 e. The smallest absolute Gasteiger partial charge is 0.263 e. The van der Waals surface area contributed by atoms with Crippen LogP contribution in [-0.2, 0) is 11.3 Å². The monoisotopic (exact) mass is 474 g/mol. The van der Waals surface area contributed by atoms with E-state index in [2.05, 4.69) is 10.3 Å². The first-order chi connectivity index (χ1) is 16.4. The number of hydrogen-bond donors (Lipinski definition) is 1. The Bertz CT molecular complexity index is 1380. The number of fused-ring (bicyclic) bond motifs is 1. The lowest BCUT2D eigenvalue weighted by molar-refractivity contribution is -0.116. The summed E-state index contributed by atoms with van der Waals surface area (Å²) in [5, 5.41) is 5.23. The van der Waals surface area contributed by atoms with Gasteiger partial charge in [0, 0.05) is 35.3 Å². The zero-order chi connectivity index (χ0) is 24.2. The van der Waals surface area contributed by atoms with Gasteiger partial charge in [-0.05, 0) is 50.6 Å². The number of nitrogens with one attached hydrogen (secondary N) is 1.